The molecule has 23 heteroatoms. The molecule has 0 amide bonds. The molecule has 0 radical (unpaired) electrons. The summed E-state index contributed by atoms with van der Waals surface area (Å²) in [5, 5.41) is 80.7. The van der Waals surface area contributed by atoms with Gasteiger partial charge in [0.2, 0.25) is 12.6 Å². The zero-order valence-electron chi connectivity index (χ0n) is 31.8. The summed E-state index contributed by atoms with van der Waals surface area (Å²) in [5.74, 6) is -1.19. The fourth-order valence-electron chi connectivity index (χ4n) is 6.62. The molecular formula is C40H34Cl4N4O15. The van der Waals surface area contributed by atoms with Crippen LogP contribution in [0.1, 0.15) is 0 Å². The summed E-state index contributed by atoms with van der Waals surface area (Å²) >= 11 is 24.1. The lowest BCUT2D eigenvalue weighted by molar-refractivity contribution is -0.277. The molecule has 2 aromatic heterocycles. The number of ether oxygens (including phenoxy) is 4. The Morgan fingerprint density at radius 2 is 1.00 bits per heavy atom. The van der Waals surface area contributed by atoms with E-state index in [1.54, 1.807) is 24.3 Å². The predicted octanol–water partition coefficient (Wildman–Crippen LogP) is 2.24. The van der Waals surface area contributed by atoms with Crippen molar-refractivity contribution >= 4 is 74.2 Å². The molecule has 2 aliphatic rings. The van der Waals surface area contributed by atoms with Gasteiger partial charge in [0.1, 0.15) is 65.9 Å². The number of H-pyrrole nitrogens is 2. The van der Waals surface area contributed by atoms with Crippen molar-refractivity contribution in [2.24, 2.45) is 0 Å². The molecule has 6 aromatic rings. The molecule has 2 saturated heterocycles. The number of halogens is 4. The number of aromatic nitrogens is 4. The van der Waals surface area contributed by atoms with Gasteiger partial charge in [0.05, 0.1) is 39.5 Å². The maximum Gasteiger partial charge on any atom is 0.335 e. The minimum Gasteiger partial charge on any atom is -0.479 e. The first-order valence-electron chi connectivity index (χ1n) is 18.5. The number of aromatic amines is 2. The first kappa shape index (κ1) is 46.0. The molecule has 10 N–H and O–H groups in total. The number of aliphatic hydroxyl groups is 7. The number of benzene rings is 4. The second-order valence-electron chi connectivity index (χ2n) is 14.1. The molecule has 332 valence electrons. The van der Waals surface area contributed by atoms with Gasteiger partial charge in [-0.3, -0.25) is 9.59 Å². The van der Waals surface area contributed by atoms with Crippen LogP contribution in [0.3, 0.4) is 0 Å². The highest BCUT2D eigenvalue weighted by molar-refractivity contribution is 6.32. The van der Waals surface area contributed by atoms with Crippen LogP contribution in [0.2, 0.25) is 20.1 Å². The van der Waals surface area contributed by atoms with E-state index in [1.165, 1.54) is 48.5 Å². The molecule has 4 unspecified atom stereocenters. The third kappa shape index (κ3) is 9.76. The summed E-state index contributed by atoms with van der Waals surface area (Å²) in [7, 11) is 0. The number of fused-ring (bicyclic) bond motifs is 2. The molecule has 2 fully saturated rings. The second kappa shape index (κ2) is 19.0. The number of aliphatic hydroxyl groups excluding tert-OH is 7. The molecule has 19 nitrogen and oxygen atoms in total. The summed E-state index contributed by atoms with van der Waals surface area (Å²) in [4.78, 5) is 50.5. The number of hydrogen-bond donors (Lipinski definition) is 10. The first-order valence-corrected chi connectivity index (χ1v) is 20.0. The molecule has 4 aromatic carbocycles. The zero-order chi connectivity index (χ0) is 45.4. The number of aliphatic carboxylic acids is 1. The minimum absolute atomic E-state index is 0.0163. The van der Waals surface area contributed by atoms with E-state index in [1.807, 2.05) is 0 Å². The normalized spacial score (nSPS) is 25.9. The topological polar surface area (TPSA) is 307 Å². The summed E-state index contributed by atoms with van der Waals surface area (Å²) in [5.41, 5.74) is 0.325. The van der Waals surface area contributed by atoms with E-state index in [9.17, 15) is 55.2 Å². The Balaban J connectivity index is 0.000000189. The summed E-state index contributed by atoms with van der Waals surface area (Å²) in [6.45, 7) is -0.597. The third-order valence-electron chi connectivity index (χ3n) is 9.88. The summed E-state index contributed by atoms with van der Waals surface area (Å²) < 4.78 is 21.9. The van der Waals surface area contributed by atoms with Gasteiger partial charge in [0, 0.05) is 20.1 Å². The number of nitrogens with one attached hydrogen (secondary N) is 2. The van der Waals surface area contributed by atoms with Crippen molar-refractivity contribution in [3.8, 4) is 34.3 Å². The van der Waals surface area contributed by atoms with Crippen molar-refractivity contribution in [1.82, 2.24) is 19.9 Å². The van der Waals surface area contributed by atoms with Crippen LogP contribution in [0, 0.1) is 0 Å². The molecule has 63 heavy (non-hydrogen) atoms. The van der Waals surface area contributed by atoms with Crippen molar-refractivity contribution in [3.05, 3.63) is 114 Å². The van der Waals surface area contributed by atoms with Gasteiger partial charge >= 0.3 is 5.97 Å². The van der Waals surface area contributed by atoms with Crippen LogP contribution in [-0.2, 0) is 14.3 Å². The number of carboxylic acid groups (broad SMARTS) is 1. The monoisotopic (exact) mass is 950 g/mol. The molecule has 0 aliphatic carbocycles. The Morgan fingerprint density at radius 3 is 1.44 bits per heavy atom. The van der Waals surface area contributed by atoms with Crippen LogP contribution in [0.25, 0.3) is 44.6 Å². The van der Waals surface area contributed by atoms with Crippen LogP contribution in [-0.4, -0.2) is 135 Å². The molecule has 4 heterocycles. The average molecular weight is 953 g/mol. The fourth-order valence-corrected chi connectivity index (χ4v) is 7.31. The Kier molecular flexibility index (Phi) is 13.9. The van der Waals surface area contributed by atoms with E-state index in [0.717, 1.165) is 0 Å². The highest BCUT2D eigenvalue weighted by Crippen LogP contribution is 2.36. The van der Waals surface area contributed by atoms with Crippen LogP contribution < -0.4 is 20.6 Å². The number of carbonyl (C=O) groups is 1. The van der Waals surface area contributed by atoms with Gasteiger partial charge in [-0.15, -0.1) is 0 Å². The molecule has 8 rings (SSSR count). The third-order valence-corrected chi connectivity index (χ3v) is 10.8. The molecular weight excluding hydrogens is 918 g/mol. The number of hydrogen-bond acceptors (Lipinski definition) is 16. The molecule has 10 atom stereocenters. The lowest BCUT2D eigenvalue weighted by Crippen LogP contribution is -2.61. The Hall–Kier alpha value is -4.97. The molecule has 2 aliphatic heterocycles. The maximum atomic E-state index is 12.5. The zero-order valence-corrected chi connectivity index (χ0v) is 34.8. The van der Waals surface area contributed by atoms with Gasteiger partial charge in [-0.2, -0.15) is 0 Å². The van der Waals surface area contributed by atoms with E-state index in [0.29, 0.717) is 37.1 Å². The van der Waals surface area contributed by atoms with E-state index < -0.39 is 85.1 Å². The number of rotatable bonds is 8. The standard InChI is InChI=1S/C20H16Cl2N2O8.C20H18Cl2N2O7/c21-7-1-3-11-9(5-7)18(28)24-17(23-11)10-6-8(22)2-4-12(10)31-20-15(27)13(25)14(26)16(32-20)19(29)30;21-8-1-3-12-10(5-8)19(29)24-18(23-12)11-6-9(22)2-4-13(11)30-20-17(28)16(27)15(26)14(7-25)31-20/h1-6,13-16,20,25-27H,(H,29,30)(H,23,24,28);1-6,14-17,20,25-28H,7H2,(H,23,24,29)/t13-,14+,15?,16?,20-;14?,15-,16+,17?,20+/m10/s1. The van der Waals surface area contributed by atoms with Gasteiger partial charge < -0.3 is 69.8 Å². The van der Waals surface area contributed by atoms with Gasteiger partial charge in [-0.05, 0) is 72.8 Å². The maximum absolute atomic E-state index is 12.5. The van der Waals surface area contributed by atoms with Crippen LogP contribution in [0.15, 0.2) is 82.4 Å². The van der Waals surface area contributed by atoms with Crippen molar-refractivity contribution in [1.29, 1.82) is 0 Å². The van der Waals surface area contributed by atoms with Gasteiger partial charge in [-0.1, -0.05) is 46.4 Å². The number of nitrogens with zero attached hydrogens (tertiary/aromatic N) is 2. The van der Waals surface area contributed by atoms with E-state index >= 15 is 0 Å². The van der Waals surface area contributed by atoms with E-state index in [-0.39, 0.29) is 39.1 Å². The van der Waals surface area contributed by atoms with E-state index in [4.69, 9.17) is 65.4 Å². The summed E-state index contributed by atoms with van der Waals surface area (Å²) in [6.07, 6.45) is -16.2. The molecule has 0 saturated carbocycles. The minimum atomic E-state index is -1.86. The first-order chi connectivity index (χ1) is 29.9. The highest BCUT2D eigenvalue weighted by Gasteiger charge is 2.48. The Labute approximate surface area is 373 Å². The molecule has 0 spiro atoms. The molecule has 0 bridgehead atoms. The SMILES string of the molecule is O=C(O)C1O[C@@H](Oc2ccc(Cl)cc2-c2nc3ccc(Cl)cc3c(=O)[nH]2)C(O)[C@H](O)[C@@H]1O.O=c1[nH]c(-c2cc(Cl)ccc2O[C@@H]2OC(CO)[C@H](O)[C@@H](O)C2O)nc2ccc(Cl)cc12. The van der Waals surface area contributed by atoms with Crippen LogP contribution in [0.4, 0.5) is 0 Å². The fraction of sp³-hybridized carbons (Fsp3) is 0.275. The van der Waals surface area contributed by atoms with Crippen LogP contribution in [0.5, 0.6) is 11.5 Å². The van der Waals surface area contributed by atoms with Crippen molar-refractivity contribution in [2.45, 2.75) is 61.4 Å². The van der Waals surface area contributed by atoms with Crippen molar-refractivity contribution in [3.63, 3.8) is 0 Å². The highest BCUT2D eigenvalue weighted by atomic mass is 35.5. The lowest BCUT2D eigenvalue weighted by Gasteiger charge is -2.39. The largest absolute Gasteiger partial charge is 0.479 e. The van der Waals surface area contributed by atoms with Crippen LogP contribution >= 0.6 is 46.4 Å². The predicted molar refractivity (Wildman–Crippen MR) is 225 cm³/mol. The Morgan fingerprint density at radius 1 is 0.587 bits per heavy atom. The smallest absolute Gasteiger partial charge is 0.335 e. The second-order valence-corrected chi connectivity index (χ2v) is 15.8. The van der Waals surface area contributed by atoms with Crippen molar-refractivity contribution in [2.75, 3.05) is 6.61 Å². The Bertz CT molecular complexity index is 2800. The van der Waals surface area contributed by atoms with Crippen molar-refractivity contribution < 1.29 is 64.6 Å². The summed E-state index contributed by atoms with van der Waals surface area (Å²) in [6, 6.07) is 18.1. The quantitative estimate of drug-likeness (QED) is 0.105. The number of carboxylic acids is 1. The van der Waals surface area contributed by atoms with Gasteiger partial charge in [0.15, 0.2) is 6.10 Å². The average Bonchev–Trinajstić information content (AvgIpc) is 3.25. The van der Waals surface area contributed by atoms with Gasteiger partial charge in [0.25, 0.3) is 11.1 Å². The van der Waals surface area contributed by atoms with E-state index in [2.05, 4.69) is 19.9 Å². The lowest BCUT2D eigenvalue weighted by atomic mass is 9.99. The van der Waals surface area contributed by atoms with Gasteiger partial charge in [-0.25, -0.2) is 14.8 Å².